The monoisotopic (exact) mass is 228 g/mol. The van der Waals surface area contributed by atoms with Crippen molar-refractivity contribution in [2.75, 3.05) is 18.7 Å². The molecule has 1 aliphatic heterocycles. The van der Waals surface area contributed by atoms with E-state index in [-0.39, 0.29) is 19.2 Å². The molecule has 0 saturated heterocycles. The van der Waals surface area contributed by atoms with Gasteiger partial charge < -0.3 is 20.5 Å². The first kappa shape index (κ1) is 10.1. The molecule has 1 aliphatic rings. The molecule has 0 radical (unpaired) electrons. The lowest BCUT2D eigenvalue weighted by molar-refractivity contribution is -0.114. The van der Waals surface area contributed by atoms with Gasteiger partial charge in [-0.3, -0.25) is 4.79 Å². The summed E-state index contributed by atoms with van der Waals surface area (Å²) in [7, 11) is 0. The Balaban J connectivity index is 2.28. The number of ether oxygens (including phenoxy) is 2. The lowest BCUT2D eigenvalue weighted by Gasteiger charge is -2.06. The van der Waals surface area contributed by atoms with E-state index in [9.17, 15) is 4.79 Å². The molecule has 0 atom stereocenters. The first-order valence-electron chi connectivity index (χ1n) is 4.30. The summed E-state index contributed by atoms with van der Waals surface area (Å²) in [6, 6.07) is 3.20. The molecule has 15 heavy (non-hydrogen) atoms. The van der Waals surface area contributed by atoms with E-state index in [1.165, 1.54) is 0 Å². The van der Waals surface area contributed by atoms with Crippen LogP contribution in [0.5, 0.6) is 11.5 Å². The third-order valence-corrected chi connectivity index (χ3v) is 2.23. The van der Waals surface area contributed by atoms with Gasteiger partial charge in [-0.1, -0.05) is 11.6 Å². The van der Waals surface area contributed by atoms with Gasteiger partial charge >= 0.3 is 0 Å². The van der Waals surface area contributed by atoms with Crippen LogP contribution in [0.3, 0.4) is 0 Å². The minimum absolute atomic E-state index is 0.0925. The number of amides is 1. The molecule has 1 aromatic carbocycles. The summed E-state index contributed by atoms with van der Waals surface area (Å²) in [6.07, 6.45) is 0. The predicted octanol–water partition coefficient (Wildman–Crippen LogP) is 0.966. The van der Waals surface area contributed by atoms with Gasteiger partial charge in [-0.2, -0.15) is 0 Å². The van der Waals surface area contributed by atoms with Crippen molar-refractivity contribution in [1.82, 2.24) is 0 Å². The number of carbonyl (C=O) groups is 1. The Morgan fingerprint density at radius 2 is 2.13 bits per heavy atom. The summed E-state index contributed by atoms with van der Waals surface area (Å²) in [5.41, 5.74) is 5.64. The van der Waals surface area contributed by atoms with E-state index in [2.05, 4.69) is 5.32 Å². The summed E-state index contributed by atoms with van der Waals surface area (Å²) >= 11 is 5.92. The summed E-state index contributed by atoms with van der Waals surface area (Å²) in [6.45, 7) is 0.0741. The molecule has 2 rings (SSSR count). The van der Waals surface area contributed by atoms with Crippen molar-refractivity contribution in [3.8, 4) is 11.5 Å². The first-order valence-corrected chi connectivity index (χ1v) is 4.67. The van der Waals surface area contributed by atoms with Crippen molar-refractivity contribution in [3.05, 3.63) is 17.2 Å². The number of hydrogen-bond acceptors (Lipinski definition) is 4. The van der Waals surface area contributed by atoms with Crippen LogP contribution >= 0.6 is 11.6 Å². The molecule has 1 amide bonds. The Morgan fingerprint density at radius 1 is 1.47 bits per heavy atom. The lowest BCUT2D eigenvalue weighted by Crippen LogP contribution is -2.21. The van der Waals surface area contributed by atoms with E-state index in [1.807, 2.05) is 0 Å². The van der Waals surface area contributed by atoms with Crippen molar-refractivity contribution < 1.29 is 14.3 Å². The van der Waals surface area contributed by atoms with Crippen LogP contribution in [-0.4, -0.2) is 19.2 Å². The number of halogens is 1. The maximum Gasteiger partial charge on any atom is 0.238 e. The second kappa shape index (κ2) is 3.96. The van der Waals surface area contributed by atoms with Crippen molar-refractivity contribution >= 4 is 23.2 Å². The molecule has 80 valence electrons. The zero-order chi connectivity index (χ0) is 10.8. The molecule has 0 unspecified atom stereocenters. The van der Waals surface area contributed by atoms with Crippen LogP contribution in [0.25, 0.3) is 0 Å². The summed E-state index contributed by atoms with van der Waals surface area (Å²) in [4.78, 5) is 11.1. The number of hydrogen-bond donors (Lipinski definition) is 2. The van der Waals surface area contributed by atoms with Crippen molar-refractivity contribution in [3.63, 3.8) is 0 Å². The van der Waals surface area contributed by atoms with Crippen molar-refractivity contribution in [1.29, 1.82) is 0 Å². The highest BCUT2D eigenvalue weighted by atomic mass is 35.5. The Bertz CT molecular complexity index is 409. The van der Waals surface area contributed by atoms with Crippen LogP contribution in [0, 0.1) is 0 Å². The maximum absolute atomic E-state index is 11.1. The molecular weight excluding hydrogens is 220 g/mol. The van der Waals surface area contributed by atoms with Crippen LogP contribution in [0.1, 0.15) is 0 Å². The molecule has 0 spiro atoms. The zero-order valence-electron chi connectivity index (χ0n) is 7.75. The quantitative estimate of drug-likeness (QED) is 0.791. The van der Waals surface area contributed by atoms with Gasteiger partial charge in [0.2, 0.25) is 12.7 Å². The van der Waals surface area contributed by atoms with Gasteiger partial charge in [-0.15, -0.1) is 0 Å². The average Bonchev–Trinajstić information content (AvgIpc) is 2.65. The van der Waals surface area contributed by atoms with Crippen molar-refractivity contribution in [2.45, 2.75) is 0 Å². The van der Waals surface area contributed by atoms with Gasteiger partial charge in [0.1, 0.15) is 0 Å². The van der Waals surface area contributed by atoms with Gasteiger partial charge in [0.05, 0.1) is 17.3 Å². The van der Waals surface area contributed by atoms with E-state index in [0.717, 1.165) is 0 Å². The fourth-order valence-corrected chi connectivity index (χ4v) is 1.42. The van der Waals surface area contributed by atoms with Crippen LogP contribution < -0.4 is 20.5 Å². The second-order valence-corrected chi connectivity index (χ2v) is 3.34. The van der Waals surface area contributed by atoms with Crippen LogP contribution in [0.4, 0.5) is 5.69 Å². The number of rotatable bonds is 2. The molecule has 0 saturated carbocycles. The SMILES string of the molecule is NCC(=O)Nc1cc2c(cc1Cl)OCO2. The zero-order valence-corrected chi connectivity index (χ0v) is 8.50. The Labute approximate surface area is 91.1 Å². The van der Waals surface area contributed by atoms with Gasteiger partial charge in [0.25, 0.3) is 0 Å². The third kappa shape index (κ3) is 1.98. The van der Waals surface area contributed by atoms with E-state index >= 15 is 0 Å². The van der Waals surface area contributed by atoms with E-state index in [0.29, 0.717) is 22.2 Å². The summed E-state index contributed by atoms with van der Waals surface area (Å²) in [5, 5.41) is 2.95. The van der Waals surface area contributed by atoms with Gasteiger partial charge in [0.15, 0.2) is 11.5 Å². The molecule has 1 heterocycles. The number of carbonyl (C=O) groups excluding carboxylic acids is 1. The summed E-state index contributed by atoms with van der Waals surface area (Å²) in [5.74, 6) is 0.827. The topological polar surface area (TPSA) is 73.6 Å². The Hall–Kier alpha value is -1.46. The number of benzene rings is 1. The normalized spacial score (nSPS) is 12.7. The number of nitrogens with two attached hydrogens (primary N) is 1. The fraction of sp³-hybridized carbons (Fsp3) is 0.222. The largest absolute Gasteiger partial charge is 0.454 e. The van der Waals surface area contributed by atoms with Crippen molar-refractivity contribution in [2.24, 2.45) is 5.73 Å². The van der Waals surface area contributed by atoms with Crippen LogP contribution in [0.15, 0.2) is 12.1 Å². The van der Waals surface area contributed by atoms with E-state index in [4.69, 9.17) is 26.8 Å². The predicted molar refractivity (Wildman–Crippen MR) is 55.3 cm³/mol. The smallest absolute Gasteiger partial charge is 0.238 e. The van der Waals surface area contributed by atoms with E-state index in [1.54, 1.807) is 12.1 Å². The second-order valence-electron chi connectivity index (χ2n) is 2.94. The Morgan fingerprint density at radius 3 is 2.80 bits per heavy atom. The van der Waals surface area contributed by atoms with Gasteiger partial charge in [-0.05, 0) is 0 Å². The van der Waals surface area contributed by atoms with Gasteiger partial charge in [-0.25, -0.2) is 0 Å². The highest BCUT2D eigenvalue weighted by Gasteiger charge is 2.17. The highest BCUT2D eigenvalue weighted by Crippen LogP contribution is 2.39. The number of fused-ring (bicyclic) bond motifs is 1. The molecule has 0 fully saturated rings. The van der Waals surface area contributed by atoms with Crippen LogP contribution in [0.2, 0.25) is 5.02 Å². The van der Waals surface area contributed by atoms with Gasteiger partial charge in [0, 0.05) is 12.1 Å². The molecule has 5 nitrogen and oxygen atoms in total. The van der Waals surface area contributed by atoms with Crippen LogP contribution in [-0.2, 0) is 4.79 Å². The maximum atomic E-state index is 11.1. The fourth-order valence-electron chi connectivity index (χ4n) is 1.21. The minimum atomic E-state index is -0.309. The molecule has 0 aromatic heterocycles. The lowest BCUT2D eigenvalue weighted by atomic mass is 10.2. The molecule has 1 aromatic rings. The summed E-state index contributed by atoms with van der Waals surface area (Å²) < 4.78 is 10.3. The number of anilines is 1. The molecule has 0 aliphatic carbocycles. The molecule has 3 N–H and O–H groups in total. The first-order chi connectivity index (χ1) is 7.20. The molecular formula is C9H9ClN2O3. The highest BCUT2D eigenvalue weighted by molar-refractivity contribution is 6.34. The number of nitrogens with one attached hydrogen (secondary N) is 1. The molecule has 0 bridgehead atoms. The standard InChI is InChI=1S/C9H9ClN2O3/c10-5-1-7-8(15-4-14-7)2-6(5)12-9(13)3-11/h1-2H,3-4,11H2,(H,12,13). The average molecular weight is 229 g/mol. The van der Waals surface area contributed by atoms with E-state index < -0.39 is 0 Å². The minimum Gasteiger partial charge on any atom is -0.454 e. The molecule has 6 heteroatoms. The third-order valence-electron chi connectivity index (χ3n) is 1.92. The Kier molecular flexibility index (Phi) is 2.66.